The van der Waals surface area contributed by atoms with Crippen molar-refractivity contribution in [2.45, 2.75) is 12.5 Å². The molecule has 2 N–H and O–H groups in total. The van der Waals surface area contributed by atoms with Crippen LogP contribution in [0.3, 0.4) is 0 Å². The van der Waals surface area contributed by atoms with E-state index in [4.69, 9.17) is 22.7 Å². The molecule has 0 saturated carbocycles. The summed E-state index contributed by atoms with van der Waals surface area (Å²) in [5.74, 6) is 0.958. The van der Waals surface area contributed by atoms with Crippen molar-refractivity contribution in [2.24, 2.45) is 5.73 Å². The van der Waals surface area contributed by atoms with Gasteiger partial charge in [0.2, 0.25) is 0 Å². The van der Waals surface area contributed by atoms with Crippen LogP contribution in [0.2, 0.25) is 0 Å². The number of hydrogen-bond acceptors (Lipinski definition) is 4. The monoisotopic (exact) mass is 271 g/mol. The molecule has 1 atom stereocenters. The van der Waals surface area contributed by atoms with Crippen molar-refractivity contribution >= 4 is 27.0 Å². The summed E-state index contributed by atoms with van der Waals surface area (Å²) in [4.78, 5) is 0.333. The Morgan fingerprint density at radius 1 is 1.35 bits per heavy atom. The minimum atomic E-state index is -2.90. The van der Waals surface area contributed by atoms with E-state index in [1.165, 1.54) is 0 Å². The number of hydrogen-bond donors (Lipinski definition) is 1. The second-order valence-electron chi connectivity index (χ2n) is 4.03. The van der Waals surface area contributed by atoms with E-state index in [-0.39, 0.29) is 17.6 Å². The molecule has 0 amide bonds. The van der Waals surface area contributed by atoms with Crippen LogP contribution in [0, 0.1) is 0 Å². The number of benzene rings is 1. The molecule has 0 radical (unpaired) electrons. The van der Waals surface area contributed by atoms with Gasteiger partial charge in [0.1, 0.15) is 16.8 Å². The molecule has 92 valence electrons. The van der Waals surface area contributed by atoms with E-state index < -0.39 is 9.84 Å². The number of thiocarbonyl (C=S) groups is 1. The van der Waals surface area contributed by atoms with Crippen LogP contribution < -0.4 is 10.5 Å². The molecule has 4 nitrogen and oxygen atoms in total. The van der Waals surface area contributed by atoms with E-state index in [1.54, 1.807) is 24.3 Å². The fraction of sp³-hybridized carbons (Fsp3) is 0.364. The van der Waals surface area contributed by atoms with Gasteiger partial charge in [0, 0.05) is 5.56 Å². The number of rotatable bonds is 3. The molecule has 1 aliphatic heterocycles. The maximum Gasteiger partial charge on any atom is 0.154 e. The van der Waals surface area contributed by atoms with Crippen LogP contribution in [0.4, 0.5) is 0 Å². The molecule has 1 aromatic rings. The first-order valence-corrected chi connectivity index (χ1v) is 7.46. The standard InChI is InChI=1S/C11H13NO3S2/c12-11(16)8-1-3-9(4-2-8)15-10-5-6-17(13,14)7-10/h1-4,10H,5-7H2,(H2,12,16). The summed E-state index contributed by atoms with van der Waals surface area (Å²) in [7, 11) is -2.90. The molecule has 0 aliphatic carbocycles. The molecular formula is C11H13NO3S2. The molecule has 1 aromatic carbocycles. The number of nitrogens with two attached hydrogens (primary N) is 1. The lowest BCUT2D eigenvalue weighted by molar-refractivity contribution is 0.229. The van der Waals surface area contributed by atoms with Gasteiger partial charge in [-0.2, -0.15) is 0 Å². The fourth-order valence-electron chi connectivity index (χ4n) is 1.74. The second-order valence-corrected chi connectivity index (χ2v) is 6.70. The Morgan fingerprint density at radius 2 is 2.00 bits per heavy atom. The van der Waals surface area contributed by atoms with Crippen molar-refractivity contribution in [3.8, 4) is 5.75 Å². The van der Waals surface area contributed by atoms with Crippen LogP contribution in [0.1, 0.15) is 12.0 Å². The van der Waals surface area contributed by atoms with Gasteiger partial charge in [0.05, 0.1) is 11.5 Å². The summed E-state index contributed by atoms with van der Waals surface area (Å²) >= 11 is 4.84. The van der Waals surface area contributed by atoms with Crippen molar-refractivity contribution in [3.63, 3.8) is 0 Å². The Morgan fingerprint density at radius 3 is 2.47 bits per heavy atom. The first-order chi connectivity index (χ1) is 7.96. The van der Waals surface area contributed by atoms with E-state index >= 15 is 0 Å². The van der Waals surface area contributed by atoms with Crippen molar-refractivity contribution in [1.82, 2.24) is 0 Å². The Bertz CT molecular complexity index is 522. The van der Waals surface area contributed by atoms with Crippen molar-refractivity contribution < 1.29 is 13.2 Å². The van der Waals surface area contributed by atoms with Gasteiger partial charge < -0.3 is 10.5 Å². The molecule has 1 heterocycles. The summed E-state index contributed by atoms with van der Waals surface area (Å²) < 4.78 is 28.1. The lowest BCUT2D eigenvalue weighted by Gasteiger charge is -2.12. The highest BCUT2D eigenvalue weighted by atomic mass is 32.2. The Labute approximate surface area is 106 Å². The van der Waals surface area contributed by atoms with Gasteiger partial charge in [0.25, 0.3) is 0 Å². The third-order valence-electron chi connectivity index (χ3n) is 2.63. The second kappa shape index (κ2) is 4.62. The van der Waals surface area contributed by atoms with Gasteiger partial charge in [-0.25, -0.2) is 8.42 Å². The molecule has 0 aromatic heterocycles. The molecule has 1 aliphatic rings. The zero-order chi connectivity index (χ0) is 12.5. The Kier molecular flexibility index (Phi) is 3.35. The van der Waals surface area contributed by atoms with Gasteiger partial charge in [-0.15, -0.1) is 0 Å². The first kappa shape index (κ1) is 12.3. The molecular weight excluding hydrogens is 258 g/mol. The summed E-state index contributed by atoms with van der Waals surface area (Å²) in [6.45, 7) is 0. The predicted octanol–water partition coefficient (Wildman–Crippen LogP) is 0.887. The fourth-order valence-corrected chi connectivity index (χ4v) is 3.47. The van der Waals surface area contributed by atoms with Crippen LogP contribution >= 0.6 is 12.2 Å². The predicted molar refractivity (Wildman–Crippen MR) is 70.0 cm³/mol. The molecule has 1 saturated heterocycles. The molecule has 1 unspecified atom stereocenters. The molecule has 6 heteroatoms. The van der Waals surface area contributed by atoms with E-state index in [9.17, 15) is 8.42 Å². The highest BCUT2D eigenvalue weighted by Gasteiger charge is 2.29. The largest absolute Gasteiger partial charge is 0.489 e. The SMILES string of the molecule is NC(=S)c1ccc(OC2CCS(=O)(=O)C2)cc1. The molecule has 1 fully saturated rings. The van der Waals surface area contributed by atoms with Crippen molar-refractivity contribution in [3.05, 3.63) is 29.8 Å². The average Bonchev–Trinajstić information content (AvgIpc) is 2.59. The lowest BCUT2D eigenvalue weighted by Crippen LogP contribution is -2.17. The first-order valence-electron chi connectivity index (χ1n) is 5.23. The van der Waals surface area contributed by atoms with E-state index in [1.807, 2.05) is 0 Å². The van der Waals surface area contributed by atoms with Crippen LogP contribution in [-0.2, 0) is 9.84 Å². The summed E-state index contributed by atoms with van der Waals surface area (Å²) in [5, 5.41) is 0. The van der Waals surface area contributed by atoms with Crippen LogP contribution in [-0.4, -0.2) is 31.0 Å². The maximum atomic E-state index is 11.3. The van der Waals surface area contributed by atoms with Crippen molar-refractivity contribution in [2.75, 3.05) is 11.5 Å². The Balaban J connectivity index is 2.03. The zero-order valence-electron chi connectivity index (χ0n) is 9.13. The third-order valence-corrected chi connectivity index (χ3v) is 4.61. The third kappa shape index (κ3) is 3.17. The van der Waals surface area contributed by atoms with Gasteiger partial charge in [-0.05, 0) is 30.7 Å². The Hall–Kier alpha value is -1.14. The van der Waals surface area contributed by atoms with Crippen LogP contribution in [0.25, 0.3) is 0 Å². The van der Waals surface area contributed by atoms with Crippen molar-refractivity contribution in [1.29, 1.82) is 0 Å². The normalized spacial score (nSPS) is 22.2. The van der Waals surface area contributed by atoms with Gasteiger partial charge in [-0.3, -0.25) is 0 Å². The van der Waals surface area contributed by atoms with E-state index in [2.05, 4.69) is 0 Å². The number of sulfone groups is 1. The quantitative estimate of drug-likeness (QED) is 0.827. The topological polar surface area (TPSA) is 69.4 Å². The van der Waals surface area contributed by atoms with E-state index in [0.717, 1.165) is 5.56 Å². The number of ether oxygens (including phenoxy) is 1. The smallest absolute Gasteiger partial charge is 0.154 e. The van der Waals surface area contributed by atoms with Gasteiger partial charge in [0.15, 0.2) is 9.84 Å². The minimum Gasteiger partial charge on any atom is -0.489 e. The molecule has 2 rings (SSSR count). The maximum absolute atomic E-state index is 11.3. The van der Waals surface area contributed by atoms with Gasteiger partial charge in [-0.1, -0.05) is 12.2 Å². The average molecular weight is 271 g/mol. The molecule has 0 bridgehead atoms. The molecule has 0 spiro atoms. The van der Waals surface area contributed by atoms with E-state index in [0.29, 0.717) is 17.2 Å². The van der Waals surface area contributed by atoms with Crippen LogP contribution in [0.15, 0.2) is 24.3 Å². The summed E-state index contributed by atoms with van der Waals surface area (Å²) in [5.41, 5.74) is 6.24. The highest BCUT2D eigenvalue weighted by molar-refractivity contribution is 7.91. The molecule has 17 heavy (non-hydrogen) atoms. The highest BCUT2D eigenvalue weighted by Crippen LogP contribution is 2.20. The minimum absolute atomic E-state index is 0.101. The van der Waals surface area contributed by atoms with Gasteiger partial charge >= 0.3 is 0 Å². The van der Waals surface area contributed by atoms with Crippen LogP contribution in [0.5, 0.6) is 5.75 Å². The zero-order valence-corrected chi connectivity index (χ0v) is 10.8. The summed E-state index contributed by atoms with van der Waals surface area (Å²) in [6, 6.07) is 7.03. The summed E-state index contributed by atoms with van der Waals surface area (Å²) in [6.07, 6.45) is 0.315. The lowest BCUT2D eigenvalue weighted by atomic mass is 10.2.